The SMILES string of the molecule is CCNC(=NCCCCC(=O)OC)NCCc1c[nH]c2ccc(F)cc12.I. The first kappa shape index (κ1) is 23.2. The van der Waals surface area contributed by atoms with E-state index >= 15 is 0 Å². The Morgan fingerprint density at radius 2 is 2.11 bits per heavy atom. The molecule has 8 heteroatoms. The zero-order valence-corrected chi connectivity index (χ0v) is 18.1. The number of unbranched alkanes of at least 4 members (excludes halogenated alkanes) is 1. The number of ether oxygens (including phenoxy) is 1. The van der Waals surface area contributed by atoms with E-state index in [0.717, 1.165) is 48.2 Å². The lowest BCUT2D eigenvalue weighted by Crippen LogP contribution is -2.38. The first-order chi connectivity index (χ1) is 12.6. The Morgan fingerprint density at radius 3 is 2.85 bits per heavy atom. The van der Waals surface area contributed by atoms with Crippen LogP contribution in [0.1, 0.15) is 31.7 Å². The number of nitrogens with zero attached hydrogens (tertiary/aromatic N) is 1. The zero-order valence-electron chi connectivity index (χ0n) is 15.8. The molecule has 0 aliphatic rings. The summed E-state index contributed by atoms with van der Waals surface area (Å²) in [6, 6.07) is 4.76. The van der Waals surface area contributed by atoms with Crippen LogP contribution in [0.5, 0.6) is 0 Å². The van der Waals surface area contributed by atoms with Crippen LogP contribution in [0.3, 0.4) is 0 Å². The lowest BCUT2D eigenvalue weighted by atomic mass is 10.1. The molecule has 0 unspecified atom stereocenters. The molecule has 0 saturated heterocycles. The van der Waals surface area contributed by atoms with Gasteiger partial charge < -0.3 is 20.4 Å². The summed E-state index contributed by atoms with van der Waals surface area (Å²) in [6.07, 6.45) is 4.69. The molecular formula is C19H28FIN4O2. The van der Waals surface area contributed by atoms with Gasteiger partial charge in [0.1, 0.15) is 5.82 Å². The number of carbonyl (C=O) groups is 1. The van der Waals surface area contributed by atoms with Crippen LogP contribution in [-0.2, 0) is 16.0 Å². The van der Waals surface area contributed by atoms with Crippen LogP contribution in [0.4, 0.5) is 4.39 Å². The molecule has 3 N–H and O–H groups in total. The predicted molar refractivity (Wildman–Crippen MR) is 117 cm³/mol. The molecule has 150 valence electrons. The third-order valence-electron chi connectivity index (χ3n) is 4.05. The lowest BCUT2D eigenvalue weighted by Gasteiger charge is -2.11. The quantitative estimate of drug-likeness (QED) is 0.166. The van der Waals surface area contributed by atoms with Crippen molar-refractivity contribution in [2.45, 2.75) is 32.6 Å². The molecule has 6 nitrogen and oxygen atoms in total. The van der Waals surface area contributed by atoms with Crippen LogP contribution < -0.4 is 10.6 Å². The number of H-pyrrole nitrogens is 1. The maximum atomic E-state index is 13.4. The molecule has 1 aromatic heterocycles. The number of esters is 1. The Morgan fingerprint density at radius 1 is 1.30 bits per heavy atom. The highest BCUT2D eigenvalue weighted by molar-refractivity contribution is 14.0. The molecule has 0 aliphatic heterocycles. The number of aromatic amines is 1. The highest BCUT2D eigenvalue weighted by atomic mass is 127. The summed E-state index contributed by atoms with van der Waals surface area (Å²) in [7, 11) is 1.40. The predicted octanol–water partition coefficient (Wildman–Crippen LogP) is 3.37. The molecule has 0 spiro atoms. The van der Waals surface area contributed by atoms with Crippen LogP contribution in [0, 0.1) is 5.82 Å². The number of benzene rings is 1. The number of aliphatic imine (C=N–C) groups is 1. The standard InChI is InChI=1S/C19H27FN4O2.HI/c1-3-21-19(22-10-5-4-6-18(25)26-2)23-11-9-14-13-24-17-8-7-15(20)12-16(14)17;/h7-8,12-13,24H,3-6,9-11H2,1-2H3,(H2,21,22,23);1H. The van der Waals surface area contributed by atoms with Crippen molar-refractivity contribution in [2.75, 3.05) is 26.7 Å². The summed E-state index contributed by atoms with van der Waals surface area (Å²) in [4.78, 5) is 18.7. The van der Waals surface area contributed by atoms with Crippen molar-refractivity contribution in [2.24, 2.45) is 4.99 Å². The summed E-state index contributed by atoms with van der Waals surface area (Å²) in [6.45, 7) is 4.12. The van der Waals surface area contributed by atoms with Crippen molar-refractivity contribution in [3.8, 4) is 0 Å². The van der Waals surface area contributed by atoms with Crippen molar-refractivity contribution >= 4 is 46.8 Å². The van der Waals surface area contributed by atoms with Crippen LogP contribution in [0.25, 0.3) is 10.9 Å². The average molecular weight is 490 g/mol. The number of halogens is 2. The van der Waals surface area contributed by atoms with E-state index in [-0.39, 0.29) is 35.8 Å². The zero-order chi connectivity index (χ0) is 18.8. The van der Waals surface area contributed by atoms with Gasteiger partial charge in [0.05, 0.1) is 7.11 Å². The van der Waals surface area contributed by atoms with Gasteiger partial charge in [-0.05, 0) is 49.9 Å². The van der Waals surface area contributed by atoms with Crippen LogP contribution in [0.2, 0.25) is 0 Å². The molecule has 0 aliphatic carbocycles. The summed E-state index contributed by atoms with van der Waals surface area (Å²) in [5, 5.41) is 7.40. The third-order valence-corrected chi connectivity index (χ3v) is 4.05. The number of guanidine groups is 1. The third kappa shape index (κ3) is 7.74. The fourth-order valence-electron chi connectivity index (χ4n) is 2.69. The molecule has 0 radical (unpaired) electrons. The van der Waals surface area contributed by atoms with Crippen LogP contribution in [0.15, 0.2) is 29.4 Å². The Hall–Kier alpha value is -1.84. The van der Waals surface area contributed by atoms with Gasteiger partial charge in [-0.2, -0.15) is 0 Å². The van der Waals surface area contributed by atoms with Crippen LogP contribution in [-0.4, -0.2) is 43.7 Å². The molecule has 2 aromatic rings. The minimum atomic E-state index is -0.229. The first-order valence-corrected chi connectivity index (χ1v) is 8.98. The minimum absolute atomic E-state index is 0. The molecule has 0 bridgehead atoms. The molecule has 2 rings (SSSR count). The number of rotatable bonds is 9. The second kappa shape index (κ2) is 12.5. The molecule has 1 aromatic carbocycles. The lowest BCUT2D eigenvalue weighted by molar-refractivity contribution is -0.140. The van der Waals surface area contributed by atoms with E-state index in [0.29, 0.717) is 19.5 Å². The van der Waals surface area contributed by atoms with Gasteiger partial charge >= 0.3 is 5.97 Å². The Kier molecular flexibility index (Phi) is 10.8. The summed E-state index contributed by atoms with van der Waals surface area (Å²) in [5.74, 6) is 0.332. The van der Waals surface area contributed by atoms with E-state index < -0.39 is 0 Å². The number of hydrogen-bond donors (Lipinski definition) is 3. The van der Waals surface area contributed by atoms with Gasteiger partial charge in [0.15, 0.2) is 5.96 Å². The molecule has 0 fully saturated rings. The van der Waals surface area contributed by atoms with Gasteiger partial charge in [0, 0.05) is 43.2 Å². The number of nitrogens with one attached hydrogen (secondary N) is 3. The monoisotopic (exact) mass is 490 g/mol. The Balaban J connectivity index is 0.00000364. The van der Waals surface area contributed by atoms with E-state index in [1.165, 1.54) is 13.2 Å². The molecular weight excluding hydrogens is 462 g/mol. The van der Waals surface area contributed by atoms with Crippen molar-refractivity contribution < 1.29 is 13.9 Å². The van der Waals surface area contributed by atoms with Crippen molar-refractivity contribution in [1.29, 1.82) is 0 Å². The second-order valence-corrected chi connectivity index (χ2v) is 5.97. The van der Waals surface area contributed by atoms with Crippen molar-refractivity contribution in [3.05, 3.63) is 35.8 Å². The van der Waals surface area contributed by atoms with E-state index in [4.69, 9.17) is 0 Å². The molecule has 1 heterocycles. The number of methoxy groups -OCH3 is 1. The van der Waals surface area contributed by atoms with Gasteiger partial charge in [-0.3, -0.25) is 9.79 Å². The summed E-state index contributed by atoms with van der Waals surface area (Å²) in [5.41, 5.74) is 2.01. The fraction of sp³-hybridized carbons (Fsp3) is 0.474. The largest absolute Gasteiger partial charge is 0.469 e. The Bertz CT molecular complexity index is 748. The second-order valence-electron chi connectivity index (χ2n) is 5.97. The molecule has 0 amide bonds. The highest BCUT2D eigenvalue weighted by Gasteiger charge is 2.05. The van der Waals surface area contributed by atoms with Crippen molar-refractivity contribution in [1.82, 2.24) is 15.6 Å². The maximum absolute atomic E-state index is 13.4. The molecule has 0 saturated carbocycles. The smallest absolute Gasteiger partial charge is 0.305 e. The molecule has 27 heavy (non-hydrogen) atoms. The topological polar surface area (TPSA) is 78.5 Å². The van der Waals surface area contributed by atoms with Crippen LogP contribution >= 0.6 is 24.0 Å². The van der Waals surface area contributed by atoms with E-state index in [1.54, 1.807) is 12.1 Å². The van der Waals surface area contributed by atoms with Gasteiger partial charge in [-0.1, -0.05) is 0 Å². The fourth-order valence-corrected chi connectivity index (χ4v) is 2.69. The van der Waals surface area contributed by atoms with Gasteiger partial charge in [-0.25, -0.2) is 4.39 Å². The highest BCUT2D eigenvalue weighted by Crippen LogP contribution is 2.19. The number of carbonyl (C=O) groups excluding carboxylic acids is 1. The number of aromatic nitrogens is 1. The minimum Gasteiger partial charge on any atom is -0.469 e. The normalized spacial score (nSPS) is 11.1. The Labute approximate surface area is 176 Å². The van der Waals surface area contributed by atoms with Crippen molar-refractivity contribution in [3.63, 3.8) is 0 Å². The first-order valence-electron chi connectivity index (χ1n) is 8.98. The van der Waals surface area contributed by atoms with E-state index in [9.17, 15) is 9.18 Å². The van der Waals surface area contributed by atoms with E-state index in [2.05, 4.69) is 25.3 Å². The summed E-state index contributed by atoms with van der Waals surface area (Å²) >= 11 is 0. The summed E-state index contributed by atoms with van der Waals surface area (Å²) < 4.78 is 18.0. The average Bonchev–Trinajstić information content (AvgIpc) is 3.03. The maximum Gasteiger partial charge on any atom is 0.305 e. The number of hydrogen-bond acceptors (Lipinski definition) is 3. The van der Waals surface area contributed by atoms with Gasteiger partial charge in [0.2, 0.25) is 0 Å². The van der Waals surface area contributed by atoms with Gasteiger partial charge in [-0.15, -0.1) is 24.0 Å². The van der Waals surface area contributed by atoms with Gasteiger partial charge in [0.25, 0.3) is 0 Å². The van der Waals surface area contributed by atoms with E-state index in [1.807, 2.05) is 13.1 Å². The molecule has 0 atom stereocenters. The number of fused-ring (bicyclic) bond motifs is 1.